The van der Waals surface area contributed by atoms with E-state index in [4.69, 9.17) is 32.9 Å². The molecule has 12 heteroatoms. The van der Waals surface area contributed by atoms with Crippen LogP contribution in [0.15, 0.2) is 94.9 Å². The Kier molecular flexibility index (Phi) is 12.2. The Balaban J connectivity index is 1.49. The molecule has 12 nitrogen and oxygen atoms in total. The maximum Gasteiger partial charge on any atom is 0.224 e. The van der Waals surface area contributed by atoms with Gasteiger partial charge in [0.05, 0.1) is 11.4 Å². The summed E-state index contributed by atoms with van der Waals surface area (Å²) in [5.41, 5.74) is 26.7. The molecule has 3 aromatic carbocycles. The highest BCUT2D eigenvalue weighted by molar-refractivity contribution is 5.92. The Morgan fingerprint density at radius 3 is 1.70 bits per heavy atom. The number of benzene rings is 3. The van der Waals surface area contributed by atoms with E-state index in [1.165, 1.54) is 0 Å². The molecule has 1 heterocycles. The molecule has 0 atom stereocenters. The molecule has 0 fully saturated rings. The summed E-state index contributed by atoms with van der Waals surface area (Å²) in [5, 5.41) is 5.90. The van der Waals surface area contributed by atoms with Crippen molar-refractivity contribution < 1.29 is 9.59 Å². The molecule has 2 amide bonds. The van der Waals surface area contributed by atoms with Gasteiger partial charge in [0, 0.05) is 54.0 Å². The minimum absolute atomic E-state index is 0.0506. The second-order valence-electron chi connectivity index (χ2n) is 10.6. The number of anilines is 2. The molecule has 238 valence electrons. The van der Waals surface area contributed by atoms with Gasteiger partial charge in [0.25, 0.3) is 0 Å². The van der Waals surface area contributed by atoms with Gasteiger partial charge in [-0.1, -0.05) is 54.6 Å². The number of carbonyl (C=O) groups is 2. The van der Waals surface area contributed by atoms with E-state index in [1.807, 2.05) is 84.9 Å². The van der Waals surface area contributed by atoms with Gasteiger partial charge in [0.15, 0.2) is 17.7 Å². The Morgan fingerprint density at radius 1 is 0.565 bits per heavy atom. The Hall–Kier alpha value is -5.78. The summed E-state index contributed by atoms with van der Waals surface area (Å²) < 4.78 is 0. The number of rotatable bonds is 15. The minimum Gasteiger partial charge on any atom is -0.370 e. The smallest absolute Gasteiger partial charge is 0.224 e. The number of aromatic nitrogens is 2. The lowest BCUT2D eigenvalue weighted by atomic mass is 10.1. The first-order valence-corrected chi connectivity index (χ1v) is 15.1. The number of hydrogen-bond donors (Lipinski definition) is 6. The van der Waals surface area contributed by atoms with E-state index in [0.29, 0.717) is 68.1 Å². The highest BCUT2D eigenvalue weighted by Crippen LogP contribution is 2.29. The number of unbranched alkanes of at least 4 members (excludes halogenated alkanes) is 2. The third-order valence-corrected chi connectivity index (χ3v) is 6.88. The average molecular weight is 621 g/mol. The molecule has 46 heavy (non-hydrogen) atoms. The summed E-state index contributed by atoms with van der Waals surface area (Å²) in [6.45, 7) is 0.989. The molecule has 4 rings (SSSR count). The molecule has 0 aliphatic heterocycles. The topological polar surface area (TPSA) is 213 Å². The SMILES string of the molecule is NC(N)=NCCCCC(=O)Nc1ccc(-c2cc(-c3cccc(NC(=O)CCCCN=C(N)N)c3)nc(-c3ccccc3)n2)cc1. The summed E-state index contributed by atoms with van der Waals surface area (Å²) in [7, 11) is 0. The minimum atomic E-state index is -0.0895. The van der Waals surface area contributed by atoms with Crippen molar-refractivity contribution in [2.24, 2.45) is 32.9 Å². The lowest BCUT2D eigenvalue weighted by Gasteiger charge is -2.11. The van der Waals surface area contributed by atoms with Gasteiger partial charge in [-0.2, -0.15) is 0 Å². The lowest BCUT2D eigenvalue weighted by Crippen LogP contribution is -2.23. The Bertz CT molecular complexity index is 1660. The number of nitrogens with zero attached hydrogens (tertiary/aromatic N) is 4. The van der Waals surface area contributed by atoms with Crippen LogP contribution in [0.5, 0.6) is 0 Å². The van der Waals surface area contributed by atoms with E-state index < -0.39 is 0 Å². The van der Waals surface area contributed by atoms with Crippen LogP contribution < -0.4 is 33.6 Å². The van der Waals surface area contributed by atoms with E-state index in [0.717, 1.165) is 28.8 Å². The highest BCUT2D eigenvalue weighted by Gasteiger charge is 2.12. The maximum absolute atomic E-state index is 12.6. The van der Waals surface area contributed by atoms with Gasteiger partial charge in [-0.05, 0) is 56.0 Å². The van der Waals surface area contributed by atoms with Crippen molar-refractivity contribution in [1.82, 2.24) is 9.97 Å². The van der Waals surface area contributed by atoms with Gasteiger partial charge in [0.1, 0.15) is 0 Å². The molecular weight excluding hydrogens is 580 g/mol. The summed E-state index contributed by atoms with van der Waals surface area (Å²) in [4.78, 5) is 42.6. The largest absolute Gasteiger partial charge is 0.370 e. The zero-order chi connectivity index (χ0) is 32.7. The van der Waals surface area contributed by atoms with Crippen molar-refractivity contribution in [3.05, 3.63) is 84.9 Å². The van der Waals surface area contributed by atoms with Gasteiger partial charge in [-0.3, -0.25) is 19.6 Å². The van der Waals surface area contributed by atoms with Gasteiger partial charge < -0.3 is 33.6 Å². The van der Waals surface area contributed by atoms with E-state index >= 15 is 0 Å². The van der Waals surface area contributed by atoms with Crippen LogP contribution in [0.1, 0.15) is 38.5 Å². The summed E-state index contributed by atoms with van der Waals surface area (Å²) >= 11 is 0. The van der Waals surface area contributed by atoms with Crippen molar-refractivity contribution >= 4 is 35.1 Å². The first-order valence-electron chi connectivity index (χ1n) is 15.1. The van der Waals surface area contributed by atoms with E-state index in [9.17, 15) is 9.59 Å². The third kappa shape index (κ3) is 10.7. The van der Waals surface area contributed by atoms with E-state index in [2.05, 4.69) is 20.6 Å². The lowest BCUT2D eigenvalue weighted by molar-refractivity contribution is -0.117. The molecule has 0 bridgehead atoms. The van der Waals surface area contributed by atoms with Crippen LogP contribution in [0.25, 0.3) is 33.9 Å². The van der Waals surface area contributed by atoms with Crippen LogP contribution in [0.3, 0.4) is 0 Å². The predicted octanol–water partition coefficient (Wildman–Crippen LogP) is 4.24. The number of guanidine groups is 2. The third-order valence-electron chi connectivity index (χ3n) is 6.88. The molecule has 0 spiro atoms. The quantitative estimate of drug-likeness (QED) is 0.0641. The number of carbonyl (C=O) groups excluding carboxylic acids is 2. The first kappa shape index (κ1) is 33.1. The normalized spacial score (nSPS) is 10.5. The van der Waals surface area contributed by atoms with Crippen LogP contribution in [0.2, 0.25) is 0 Å². The number of amides is 2. The molecule has 0 aliphatic rings. The average Bonchev–Trinajstić information content (AvgIpc) is 3.05. The summed E-state index contributed by atoms with van der Waals surface area (Å²) in [6, 6.07) is 26.8. The molecule has 10 N–H and O–H groups in total. The van der Waals surface area contributed by atoms with Crippen LogP contribution in [0, 0.1) is 0 Å². The zero-order valence-corrected chi connectivity index (χ0v) is 25.7. The second kappa shape index (κ2) is 16.9. The van der Waals surface area contributed by atoms with Crippen LogP contribution >= 0.6 is 0 Å². The van der Waals surface area contributed by atoms with Gasteiger partial charge >= 0.3 is 0 Å². The molecule has 0 unspecified atom stereocenters. The van der Waals surface area contributed by atoms with Crippen LogP contribution in [-0.2, 0) is 9.59 Å². The number of nitrogens with one attached hydrogen (secondary N) is 2. The monoisotopic (exact) mass is 620 g/mol. The maximum atomic E-state index is 12.6. The number of aliphatic imine (C=N–C) groups is 2. The van der Waals surface area contributed by atoms with Crippen molar-refractivity contribution in [3.63, 3.8) is 0 Å². The molecule has 0 saturated heterocycles. The van der Waals surface area contributed by atoms with Gasteiger partial charge in [-0.25, -0.2) is 9.97 Å². The van der Waals surface area contributed by atoms with Crippen molar-refractivity contribution in [1.29, 1.82) is 0 Å². The molecule has 0 radical (unpaired) electrons. The van der Waals surface area contributed by atoms with Gasteiger partial charge in [-0.15, -0.1) is 0 Å². The molecule has 0 aliphatic carbocycles. The molecule has 0 saturated carbocycles. The van der Waals surface area contributed by atoms with Crippen LogP contribution in [0.4, 0.5) is 11.4 Å². The molecular formula is C34H40N10O2. The molecule has 1 aromatic heterocycles. The van der Waals surface area contributed by atoms with E-state index in [-0.39, 0.29) is 23.7 Å². The predicted molar refractivity (Wildman–Crippen MR) is 185 cm³/mol. The standard InChI is InChI=1S/C34H40N10O2/c35-33(36)39-19-6-4-13-30(45)41-26-17-15-23(16-18-26)28-22-29(44-32(43-28)24-9-2-1-3-10-24)25-11-8-12-27(21-25)42-31(46)14-5-7-20-40-34(37)38/h1-3,8-12,15-18,21-22H,4-7,13-14,19-20H2,(H,41,45)(H,42,46)(H4,35,36,39)(H4,37,38,40). The summed E-state index contributed by atoms with van der Waals surface area (Å²) in [6.07, 6.45) is 3.51. The van der Waals surface area contributed by atoms with Crippen LogP contribution in [-0.4, -0.2) is 46.8 Å². The Morgan fingerprint density at radius 2 is 1.11 bits per heavy atom. The second-order valence-corrected chi connectivity index (χ2v) is 10.6. The fourth-order valence-electron chi connectivity index (χ4n) is 4.60. The number of nitrogens with two attached hydrogens (primary N) is 4. The van der Waals surface area contributed by atoms with Crippen molar-refractivity contribution in [2.75, 3.05) is 23.7 Å². The summed E-state index contributed by atoms with van der Waals surface area (Å²) in [5.74, 6) is 0.508. The van der Waals surface area contributed by atoms with Crippen molar-refractivity contribution in [2.45, 2.75) is 38.5 Å². The Labute approximate surface area is 268 Å². The van der Waals surface area contributed by atoms with Crippen molar-refractivity contribution in [3.8, 4) is 33.9 Å². The number of hydrogen-bond acceptors (Lipinski definition) is 6. The zero-order valence-electron chi connectivity index (χ0n) is 25.7. The fraction of sp³-hybridized carbons (Fsp3) is 0.235. The van der Waals surface area contributed by atoms with E-state index in [1.54, 1.807) is 0 Å². The van der Waals surface area contributed by atoms with Gasteiger partial charge in [0.2, 0.25) is 11.8 Å². The fourth-order valence-corrected chi connectivity index (χ4v) is 4.60. The first-order chi connectivity index (χ1) is 22.3. The molecule has 4 aromatic rings. The highest BCUT2D eigenvalue weighted by atomic mass is 16.2.